The fourth-order valence-electron chi connectivity index (χ4n) is 1.80. The average molecular weight is 265 g/mol. The number of hydrogen-bond donors (Lipinski definition) is 1. The Morgan fingerprint density at radius 1 is 1.17 bits per heavy atom. The molecule has 2 aromatic rings. The first-order valence-corrected chi connectivity index (χ1v) is 6.62. The summed E-state index contributed by atoms with van der Waals surface area (Å²) in [6.07, 6.45) is 0. The quantitative estimate of drug-likeness (QED) is 0.828. The molecular formula is C12H11NO4S. The van der Waals surface area contributed by atoms with Crippen molar-refractivity contribution in [2.24, 2.45) is 5.14 Å². The van der Waals surface area contributed by atoms with Gasteiger partial charge in [-0.05, 0) is 16.8 Å². The summed E-state index contributed by atoms with van der Waals surface area (Å²) < 4.78 is 27.6. The first-order valence-electron chi connectivity index (χ1n) is 5.08. The van der Waals surface area contributed by atoms with E-state index in [9.17, 15) is 13.2 Å². The highest BCUT2D eigenvalue weighted by Gasteiger charge is 2.22. The first kappa shape index (κ1) is 12.5. The number of fused-ring (bicyclic) bond motifs is 1. The minimum atomic E-state index is -3.98. The van der Waals surface area contributed by atoms with Gasteiger partial charge < -0.3 is 4.74 Å². The summed E-state index contributed by atoms with van der Waals surface area (Å²) in [5.41, 5.74) is -0.0295. The van der Waals surface area contributed by atoms with Crippen LogP contribution in [0.25, 0.3) is 10.8 Å². The number of benzene rings is 2. The third kappa shape index (κ3) is 2.07. The van der Waals surface area contributed by atoms with Crippen LogP contribution in [0.5, 0.6) is 0 Å². The third-order valence-electron chi connectivity index (χ3n) is 2.59. The van der Waals surface area contributed by atoms with E-state index in [1.807, 2.05) is 0 Å². The second kappa shape index (κ2) is 4.40. The number of nitrogens with two attached hydrogens (primary N) is 1. The van der Waals surface area contributed by atoms with E-state index in [1.54, 1.807) is 30.3 Å². The van der Waals surface area contributed by atoms with Crippen molar-refractivity contribution in [1.82, 2.24) is 0 Å². The van der Waals surface area contributed by atoms with Crippen molar-refractivity contribution in [3.05, 3.63) is 42.0 Å². The van der Waals surface area contributed by atoms with Gasteiger partial charge in [-0.25, -0.2) is 18.4 Å². The molecule has 0 spiro atoms. The predicted molar refractivity (Wildman–Crippen MR) is 66.7 cm³/mol. The Kier molecular flexibility index (Phi) is 3.06. The minimum absolute atomic E-state index is 0.0295. The Hall–Kier alpha value is -1.92. The molecule has 2 N–H and O–H groups in total. The molecule has 94 valence electrons. The Morgan fingerprint density at radius 3 is 2.44 bits per heavy atom. The number of esters is 1. The molecule has 0 aliphatic heterocycles. The van der Waals surface area contributed by atoms with Crippen LogP contribution < -0.4 is 5.14 Å². The van der Waals surface area contributed by atoms with Crippen LogP contribution in [0.1, 0.15) is 10.4 Å². The fourth-order valence-corrected chi connectivity index (χ4v) is 2.54. The van der Waals surface area contributed by atoms with E-state index < -0.39 is 16.0 Å². The summed E-state index contributed by atoms with van der Waals surface area (Å²) in [5, 5.41) is 6.34. The first-order chi connectivity index (χ1) is 8.45. The molecule has 0 unspecified atom stereocenters. The number of carbonyl (C=O) groups is 1. The smallest absolute Gasteiger partial charge is 0.339 e. The average Bonchev–Trinajstić information content (AvgIpc) is 2.35. The topological polar surface area (TPSA) is 86.5 Å². The van der Waals surface area contributed by atoms with Gasteiger partial charge in [0.05, 0.1) is 17.6 Å². The maximum atomic E-state index is 11.8. The largest absolute Gasteiger partial charge is 0.465 e. The van der Waals surface area contributed by atoms with Crippen molar-refractivity contribution in [3.63, 3.8) is 0 Å². The molecule has 0 atom stereocenters. The van der Waals surface area contributed by atoms with E-state index in [2.05, 4.69) is 4.74 Å². The Morgan fingerprint density at radius 2 is 1.83 bits per heavy atom. The minimum Gasteiger partial charge on any atom is -0.465 e. The van der Waals surface area contributed by atoms with Crippen LogP contribution in [0.4, 0.5) is 0 Å². The highest BCUT2D eigenvalue weighted by molar-refractivity contribution is 7.89. The van der Waals surface area contributed by atoms with E-state index in [-0.39, 0.29) is 10.5 Å². The van der Waals surface area contributed by atoms with E-state index in [1.165, 1.54) is 13.2 Å². The number of sulfonamides is 1. The Bertz CT molecular complexity index is 722. The van der Waals surface area contributed by atoms with Crippen molar-refractivity contribution in [2.45, 2.75) is 4.90 Å². The summed E-state index contributed by atoms with van der Waals surface area (Å²) in [5.74, 6) is -0.726. The summed E-state index contributed by atoms with van der Waals surface area (Å²) in [4.78, 5) is 11.5. The molecule has 2 aromatic carbocycles. The van der Waals surface area contributed by atoms with Crippen LogP contribution in [0.15, 0.2) is 41.3 Å². The highest BCUT2D eigenvalue weighted by atomic mass is 32.2. The number of ether oxygens (including phenoxy) is 1. The van der Waals surface area contributed by atoms with E-state index in [0.717, 1.165) is 5.39 Å². The van der Waals surface area contributed by atoms with Gasteiger partial charge in [-0.1, -0.05) is 30.3 Å². The number of primary sulfonamides is 1. The molecular weight excluding hydrogens is 254 g/mol. The second-order valence-corrected chi connectivity index (χ2v) is 5.23. The van der Waals surface area contributed by atoms with Gasteiger partial charge in [0.2, 0.25) is 10.0 Å². The summed E-state index contributed by atoms with van der Waals surface area (Å²) in [6, 6.07) is 9.83. The molecule has 0 aliphatic carbocycles. The summed E-state index contributed by atoms with van der Waals surface area (Å²) in [7, 11) is -2.79. The molecule has 0 aliphatic rings. The number of rotatable bonds is 2. The van der Waals surface area contributed by atoms with Gasteiger partial charge in [-0.15, -0.1) is 0 Å². The van der Waals surface area contributed by atoms with Crippen LogP contribution in [0.2, 0.25) is 0 Å². The standard InChI is InChI=1S/C12H11NO4S/c1-17-12(14)11-9-5-3-2-4-8(9)6-7-10(11)18(13,15)16/h2-7H,1H3,(H2,13,15,16). The van der Waals surface area contributed by atoms with E-state index in [4.69, 9.17) is 5.14 Å². The van der Waals surface area contributed by atoms with Crippen LogP contribution in [0.3, 0.4) is 0 Å². The number of hydrogen-bond acceptors (Lipinski definition) is 4. The lowest BCUT2D eigenvalue weighted by atomic mass is 10.0. The van der Waals surface area contributed by atoms with Gasteiger partial charge in [0, 0.05) is 0 Å². The zero-order valence-electron chi connectivity index (χ0n) is 9.58. The molecule has 0 amide bonds. The molecule has 0 saturated heterocycles. The van der Waals surface area contributed by atoms with Crippen LogP contribution >= 0.6 is 0 Å². The SMILES string of the molecule is COC(=O)c1c(S(N)(=O)=O)ccc2ccccc12. The maximum Gasteiger partial charge on any atom is 0.339 e. The van der Waals surface area contributed by atoms with Crippen LogP contribution in [0, 0.1) is 0 Å². The molecule has 5 nitrogen and oxygen atoms in total. The van der Waals surface area contributed by atoms with Crippen LogP contribution in [-0.2, 0) is 14.8 Å². The van der Waals surface area contributed by atoms with Crippen molar-refractivity contribution >= 4 is 26.8 Å². The molecule has 18 heavy (non-hydrogen) atoms. The third-order valence-corrected chi connectivity index (χ3v) is 3.54. The predicted octanol–water partition coefficient (Wildman–Crippen LogP) is 1.27. The van der Waals surface area contributed by atoms with Crippen molar-refractivity contribution in [2.75, 3.05) is 7.11 Å². The second-order valence-electron chi connectivity index (χ2n) is 3.70. The van der Waals surface area contributed by atoms with Crippen molar-refractivity contribution in [3.8, 4) is 0 Å². The molecule has 0 heterocycles. The molecule has 0 fully saturated rings. The Labute approximate surface area is 104 Å². The molecule has 0 saturated carbocycles. The monoisotopic (exact) mass is 265 g/mol. The molecule has 2 rings (SSSR count). The van der Waals surface area contributed by atoms with Crippen molar-refractivity contribution < 1.29 is 17.9 Å². The van der Waals surface area contributed by atoms with E-state index >= 15 is 0 Å². The molecule has 0 radical (unpaired) electrons. The van der Waals surface area contributed by atoms with Gasteiger partial charge in [-0.3, -0.25) is 0 Å². The number of methoxy groups -OCH3 is 1. The summed E-state index contributed by atoms with van der Waals surface area (Å²) >= 11 is 0. The Balaban J connectivity index is 2.93. The normalized spacial score (nSPS) is 11.4. The maximum absolute atomic E-state index is 11.8. The fraction of sp³-hybridized carbons (Fsp3) is 0.0833. The lowest BCUT2D eigenvalue weighted by Crippen LogP contribution is -2.17. The lowest BCUT2D eigenvalue weighted by molar-refractivity contribution is 0.0598. The summed E-state index contributed by atoms with van der Waals surface area (Å²) in [6.45, 7) is 0. The van der Waals surface area contributed by atoms with Gasteiger partial charge in [-0.2, -0.15) is 0 Å². The van der Waals surface area contributed by atoms with Gasteiger partial charge in [0.25, 0.3) is 0 Å². The van der Waals surface area contributed by atoms with Gasteiger partial charge in [0.15, 0.2) is 0 Å². The molecule has 0 aromatic heterocycles. The van der Waals surface area contributed by atoms with Gasteiger partial charge in [0.1, 0.15) is 0 Å². The van der Waals surface area contributed by atoms with Crippen molar-refractivity contribution in [1.29, 1.82) is 0 Å². The number of carbonyl (C=O) groups excluding carboxylic acids is 1. The molecule has 0 bridgehead atoms. The lowest BCUT2D eigenvalue weighted by Gasteiger charge is -2.09. The zero-order chi connectivity index (χ0) is 13.3. The highest BCUT2D eigenvalue weighted by Crippen LogP contribution is 2.25. The zero-order valence-corrected chi connectivity index (χ0v) is 10.4. The van der Waals surface area contributed by atoms with E-state index in [0.29, 0.717) is 5.39 Å². The van der Waals surface area contributed by atoms with Crippen LogP contribution in [-0.4, -0.2) is 21.5 Å². The van der Waals surface area contributed by atoms with Gasteiger partial charge >= 0.3 is 5.97 Å². The molecule has 6 heteroatoms.